The molecule has 1 heterocycles. The molecule has 1 rings (SSSR count). The molecule has 0 aliphatic heterocycles. The summed E-state index contributed by atoms with van der Waals surface area (Å²) in [6.07, 6.45) is 0.656. The van der Waals surface area contributed by atoms with E-state index in [1.54, 1.807) is 5.51 Å². The average molecular weight is 199 g/mol. The molecule has 4 nitrogen and oxygen atoms in total. The zero-order chi connectivity index (χ0) is 9.68. The molecule has 0 bridgehead atoms. The van der Waals surface area contributed by atoms with Gasteiger partial charge in [0.05, 0.1) is 23.8 Å². The number of carbonyl (C=O) groups excluding carboxylic acids is 1. The van der Waals surface area contributed by atoms with E-state index in [2.05, 4.69) is 10.3 Å². The summed E-state index contributed by atoms with van der Waals surface area (Å²) < 4.78 is 0. The predicted molar refractivity (Wildman–Crippen MR) is 52.2 cm³/mol. The lowest BCUT2D eigenvalue weighted by atomic mass is 10.2. The first kappa shape index (κ1) is 10.1. The van der Waals surface area contributed by atoms with E-state index in [-0.39, 0.29) is 5.91 Å². The molecule has 1 atom stereocenters. The minimum absolute atomic E-state index is 0.115. The van der Waals surface area contributed by atoms with Crippen LogP contribution in [-0.2, 0) is 11.3 Å². The fourth-order valence-corrected chi connectivity index (χ4v) is 1.38. The molecule has 3 N–H and O–H groups in total. The quantitative estimate of drug-likeness (QED) is 0.742. The van der Waals surface area contributed by atoms with Crippen LogP contribution in [0, 0.1) is 0 Å². The SMILES string of the molecule is CC[C@@H](N)C(=O)NCc1cscn1. The van der Waals surface area contributed by atoms with Crippen molar-refractivity contribution in [3.05, 3.63) is 16.6 Å². The Kier molecular flexibility index (Phi) is 3.85. The van der Waals surface area contributed by atoms with Gasteiger partial charge in [-0.2, -0.15) is 0 Å². The Morgan fingerprint density at radius 3 is 3.15 bits per heavy atom. The Morgan fingerprint density at radius 2 is 2.62 bits per heavy atom. The predicted octanol–water partition coefficient (Wildman–Crippen LogP) is 0.497. The summed E-state index contributed by atoms with van der Waals surface area (Å²) in [6.45, 7) is 2.35. The van der Waals surface area contributed by atoms with E-state index >= 15 is 0 Å². The molecule has 1 amide bonds. The Labute approximate surface area is 81.2 Å². The first-order valence-electron chi connectivity index (χ1n) is 4.14. The molecule has 0 aliphatic rings. The van der Waals surface area contributed by atoms with Gasteiger partial charge in [-0.25, -0.2) is 4.98 Å². The number of nitrogens with two attached hydrogens (primary N) is 1. The number of amides is 1. The van der Waals surface area contributed by atoms with E-state index < -0.39 is 6.04 Å². The van der Waals surface area contributed by atoms with Gasteiger partial charge in [0.15, 0.2) is 0 Å². The van der Waals surface area contributed by atoms with E-state index in [0.29, 0.717) is 13.0 Å². The number of carbonyl (C=O) groups is 1. The molecule has 1 aromatic heterocycles. The zero-order valence-corrected chi connectivity index (χ0v) is 8.30. The lowest BCUT2D eigenvalue weighted by Crippen LogP contribution is -2.39. The van der Waals surface area contributed by atoms with Crippen LogP contribution in [0.15, 0.2) is 10.9 Å². The van der Waals surface area contributed by atoms with Crippen molar-refractivity contribution in [3.8, 4) is 0 Å². The van der Waals surface area contributed by atoms with Gasteiger partial charge < -0.3 is 11.1 Å². The second-order valence-corrected chi connectivity index (χ2v) is 3.43. The van der Waals surface area contributed by atoms with E-state index in [0.717, 1.165) is 5.69 Å². The monoisotopic (exact) mass is 199 g/mol. The summed E-state index contributed by atoms with van der Waals surface area (Å²) in [6, 6.07) is -0.404. The Hall–Kier alpha value is -0.940. The molecule has 0 unspecified atom stereocenters. The number of hydrogen-bond donors (Lipinski definition) is 2. The number of hydrogen-bond acceptors (Lipinski definition) is 4. The van der Waals surface area contributed by atoms with Gasteiger partial charge in [0.2, 0.25) is 5.91 Å². The number of nitrogens with zero attached hydrogens (tertiary/aromatic N) is 1. The maximum absolute atomic E-state index is 11.2. The van der Waals surface area contributed by atoms with E-state index in [1.165, 1.54) is 11.3 Å². The van der Waals surface area contributed by atoms with Gasteiger partial charge >= 0.3 is 0 Å². The normalized spacial score (nSPS) is 12.5. The molecule has 0 radical (unpaired) electrons. The van der Waals surface area contributed by atoms with E-state index in [4.69, 9.17) is 5.73 Å². The topological polar surface area (TPSA) is 68.0 Å². The van der Waals surface area contributed by atoms with E-state index in [1.807, 2.05) is 12.3 Å². The lowest BCUT2D eigenvalue weighted by Gasteiger charge is -2.08. The maximum atomic E-state index is 11.2. The van der Waals surface area contributed by atoms with Crippen LogP contribution in [0.4, 0.5) is 0 Å². The molecule has 5 heteroatoms. The molecule has 13 heavy (non-hydrogen) atoms. The Bertz CT molecular complexity index is 260. The van der Waals surface area contributed by atoms with Crippen LogP contribution < -0.4 is 11.1 Å². The number of thiazole rings is 1. The first-order valence-corrected chi connectivity index (χ1v) is 5.08. The smallest absolute Gasteiger partial charge is 0.237 e. The zero-order valence-electron chi connectivity index (χ0n) is 7.49. The highest BCUT2D eigenvalue weighted by Gasteiger charge is 2.09. The van der Waals surface area contributed by atoms with Gasteiger partial charge in [-0.15, -0.1) is 11.3 Å². The fourth-order valence-electron chi connectivity index (χ4n) is 0.819. The van der Waals surface area contributed by atoms with Crippen molar-refractivity contribution in [2.75, 3.05) is 0 Å². The van der Waals surface area contributed by atoms with Crippen LogP contribution in [0.2, 0.25) is 0 Å². The van der Waals surface area contributed by atoms with Crippen molar-refractivity contribution < 1.29 is 4.79 Å². The lowest BCUT2D eigenvalue weighted by molar-refractivity contribution is -0.122. The summed E-state index contributed by atoms with van der Waals surface area (Å²) in [7, 11) is 0. The summed E-state index contributed by atoms with van der Waals surface area (Å²) in [5.74, 6) is -0.115. The summed E-state index contributed by atoms with van der Waals surface area (Å²) in [4.78, 5) is 15.2. The molecule has 72 valence electrons. The fraction of sp³-hybridized carbons (Fsp3) is 0.500. The maximum Gasteiger partial charge on any atom is 0.237 e. The van der Waals surface area contributed by atoms with Crippen LogP contribution in [-0.4, -0.2) is 16.9 Å². The summed E-state index contributed by atoms with van der Waals surface area (Å²) >= 11 is 1.51. The van der Waals surface area contributed by atoms with Crippen LogP contribution >= 0.6 is 11.3 Å². The van der Waals surface area contributed by atoms with Crippen LogP contribution in [0.5, 0.6) is 0 Å². The van der Waals surface area contributed by atoms with Gasteiger partial charge in [-0.05, 0) is 6.42 Å². The van der Waals surface area contributed by atoms with Crippen LogP contribution in [0.25, 0.3) is 0 Å². The summed E-state index contributed by atoms with van der Waals surface area (Å²) in [5.41, 5.74) is 8.14. The number of aromatic nitrogens is 1. The highest BCUT2D eigenvalue weighted by molar-refractivity contribution is 7.07. The van der Waals surface area contributed by atoms with Crippen molar-refractivity contribution in [2.45, 2.75) is 25.9 Å². The van der Waals surface area contributed by atoms with Crippen molar-refractivity contribution in [1.82, 2.24) is 10.3 Å². The molecule has 0 saturated carbocycles. The molecular formula is C8H13N3OS. The van der Waals surface area contributed by atoms with Crippen LogP contribution in [0.1, 0.15) is 19.0 Å². The molecule has 0 aliphatic carbocycles. The molecule has 0 aromatic carbocycles. The van der Waals surface area contributed by atoms with Crippen molar-refractivity contribution >= 4 is 17.2 Å². The molecular weight excluding hydrogens is 186 g/mol. The minimum atomic E-state index is -0.404. The minimum Gasteiger partial charge on any atom is -0.349 e. The third kappa shape index (κ3) is 3.12. The van der Waals surface area contributed by atoms with Gasteiger partial charge in [0.25, 0.3) is 0 Å². The van der Waals surface area contributed by atoms with Crippen molar-refractivity contribution in [1.29, 1.82) is 0 Å². The standard InChI is InChI=1S/C8H13N3OS/c1-2-7(9)8(12)10-3-6-4-13-5-11-6/h4-5,7H,2-3,9H2,1H3,(H,10,12)/t7-/m1/s1. The van der Waals surface area contributed by atoms with Crippen molar-refractivity contribution in [2.24, 2.45) is 5.73 Å². The second-order valence-electron chi connectivity index (χ2n) is 2.71. The third-order valence-corrected chi connectivity index (χ3v) is 2.34. The summed E-state index contributed by atoms with van der Waals surface area (Å²) in [5, 5.41) is 4.62. The van der Waals surface area contributed by atoms with Gasteiger partial charge in [-0.3, -0.25) is 4.79 Å². The largest absolute Gasteiger partial charge is 0.349 e. The molecule has 1 aromatic rings. The highest BCUT2D eigenvalue weighted by atomic mass is 32.1. The van der Waals surface area contributed by atoms with E-state index in [9.17, 15) is 4.79 Å². The van der Waals surface area contributed by atoms with Gasteiger partial charge in [-0.1, -0.05) is 6.92 Å². The molecule has 0 fully saturated rings. The first-order chi connectivity index (χ1) is 6.24. The third-order valence-electron chi connectivity index (χ3n) is 1.70. The van der Waals surface area contributed by atoms with Crippen LogP contribution in [0.3, 0.4) is 0 Å². The van der Waals surface area contributed by atoms with Gasteiger partial charge in [0, 0.05) is 5.38 Å². The Balaban J connectivity index is 2.31. The van der Waals surface area contributed by atoms with Gasteiger partial charge in [0.1, 0.15) is 0 Å². The molecule has 0 spiro atoms. The highest BCUT2D eigenvalue weighted by Crippen LogP contribution is 1.99. The second kappa shape index (κ2) is 4.94. The number of rotatable bonds is 4. The van der Waals surface area contributed by atoms with Crippen molar-refractivity contribution in [3.63, 3.8) is 0 Å². The molecule has 0 saturated heterocycles. The number of nitrogens with one attached hydrogen (secondary N) is 1. The average Bonchev–Trinajstić information content (AvgIpc) is 2.65. The Morgan fingerprint density at radius 1 is 1.85 bits per heavy atom.